The Morgan fingerprint density at radius 2 is 1.58 bits per heavy atom. The number of ether oxygens (including phenoxy) is 1. The number of aryl methyl sites for hydroxylation is 1. The Labute approximate surface area is 154 Å². The molecule has 0 aromatic heterocycles. The summed E-state index contributed by atoms with van der Waals surface area (Å²) in [5.74, 6) is -0.0223. The van der Waals surface area contributed by atoms with Crippen LogP contribution in [0, 0.1) is 0 Å². The molecule has 2 aromatic rings. The molecule has 5 heteroatoms. The van der Waals surface area contributed by atoms with Crippen LogP contribution in [-0.2, 0) is 22.4 Å². The number of hydrogen-bond donors (Lipinski definition) is 1. The summed E-state index contributed by atoms with van der Waals surface area (Å²) in [6.07, 6.45) is 1.32. The predicted octanol–water partition coefficient (Wildman–Crippen LogP) is 2.90. The fraction of sp³-hybridized carbons (Fsp3) is 0.333. The summed E-state index contributed by atoms with van der Waals surface area (Å²) in [7, 11) is 0. The van der Waals surface area contributed by atoms with Crippen molar-refractivity contribution in [2.45, 2.75) is 19.8 Å². The lowest BCUT2D eigenvalue weighted by Gasteiger charge is -2.26. The molecule has 3 rings (SSSR count). The molecule has 0 bridgehead atoms. The molecule has 2 aromatic carbocycles. The Balaban J connectivity index is 1.56. The number of benzene rings is 2. The lowest BCUT2D eigenvalue weighted by Crippen LogP contribution is -2.41. The predicted molar refractivity (Wildman–Crippen MR) is 101 cm³/mol. The second kappa shape index (κ2) is 8.63. The quantitative estimate of drug-likeness (QED) is 0.900. The van der Waals surface area contributed by atoms with Gasteiger partial charge in [-0.2, -0.15) is 0 Å². The molecule has 136 valence electrons. The lowest BCUT2D eigenvalue weighted by atomic mass is 10.1. The van der Waals surface area contributed by atoms with Crippen LogP contribution in [0.2, 0.25) is 0 Å². The molecule has 1 aliphatic rings. The van der Waals surface area contributed by atoms with Crippen LogP contribution in [0.4, 0.5) is 5.69 Å². The highest BCUT2D eigenvalue weighted by Crippen LogP contribution is 2.14. The van der Waals surface area contributed by atoms with E-state index in [1.807, 2.05) is 53.4 Å². The van der Waals surface area contributed by atoms with Gasteiger partial charge in [0.1, 0.15) is 0 Å². The van der Waals surface area contributed by atoms with Crippen molar-refractivity contribution in [2.75, 3.05) is 31.6 Å². The van der Waals surface area contributed by atoms with E-state index in [2.05, 4.69) is 12.2 Å². The van der Waals surface area contributed by atoms with Crippen LogP contribution in [0.1, 0.15) is 28.4 Å². The van der Waals surface area contributed by atoms with Crippen LogP contribution < -0.4 is 5.32 Å². The number of amides is 2. The van der Waals surface area contributed by atoms with Gasteiger partial charge in [0, 0.05) is 24.3 Å². The van der Waals surface area contributed by atoms with Crippen LogP contribution in [0.5, 0.6) is 0 Å². The fourth-order valence-corrected chi connectivity index (χ4v) is 2.90. The van der Waals surface area contributed by atoms with Gasteiger partial charge in [0.05, 0.1) is 19.6 Å². The van der Waals surface area contributed by atoms with Crippen LogP contribution in [0.15, 0.2) is 48.5 Å². The average Bonchev–Trinajstić information content (AvgIpc) is 2.70. The zero-order valence-corrected chi connectivity index (χ0v) is 15.0. The Bertz CT molecular complexity index is 748. The lowest BCUT2D eigenvalue weighted by molar-refractivity contribution is -0.134. The summed E-state index contributed by atoms with van der Waals surface area (Å²) < 4.78 is 5.27. The summed E-state index contributed by atoms with van der Waals surface area (Å²) in [5, 5.41) is 2.89. The van der Waals surface area contributed by atoms with Crippen molar-refractivity contribution in [3.63, 3.8) is 0 Å². The number of carbonyl (C=O) groups is 2. The molecule has 2 amide bonds. The van der Waals surface area contributed by atoms with Crippen molar-refractivity contribution in [1.29, 1.82) is 0 Å². The molecule has 26 heavy (non-hydrogen) atoms. The summed E-state index contributed by atoms with van der Waals surface area (Å²) in [4.78, 5) is 26.4. The Morgan fingerprint density at radius 1 is 0.962 bits per heavy atom. The molecule has 5 nitrogen and oxygen atoms in total. The number of morpholine rings is 1. The van der Waals surface area contributed by atoms with E-state index in [1.54, 1.807) is 0 Å². The number of rotatable bonds is 5. The van der Waals surface area contributed by atoms with E-state index >= 15 is 0 Å². The van der Waals surface area contributed by atoms with Gasteiger partial charge in [-0.15, -0.1) is 0 Å². The highest BCUT2D eigenvalue weighted by Gasteiger charge is 2.17. The van der Waals surface area contributed by atoms with Crippen molar-refractivity contribution >= 4 is 17.5 Å². The maximum Gasteiger partial charge on any atom is 0.255 e. The zero-order chi connectivity index (χ0) is 18.4. The number of anilines is 1. The van der Waals surface area contributed by atoms with E-state index < -0.39 is 0 Å². The smallest absolute Gasteiger partial charge is 0.255 e. The van der Waals surface area contributed by atoms with Gasteiger partial charge in [-0.05, 0) is 41.8 Å². The van der Waals surface area contributed by atoms with Crippen LogP contribution in [0.3, 0.4) is 0 Å². The molecule has 0 aliphatic carbocycles. The minimum Gasteiger partial charge on any atom is -0.378 e. The van der Waals surface area contributed by atoms with Gasteiger partial charge < -0.3 is 15.0 Å². The maximum absolute atomic E-state index is 12.3. The van der Waals surface area contributed by atoms with E-state index in [-0.39, 0.29) is 11.8 Å². The maximum atomic E-state index is 12.3. The van der Waals surface area contributed by atoms with Gasteiger partial charge in [-0.1, -0.05) is 31.2 Å². The minimum absolute atomic E-state index is 0.112. The monoisotopic (exact) mass is 352 g/mol. The fourth-order valence-electron chi connectivity index (χ4n) is 2.90. The summed E-state index contributed by atoms with van der Waals surface area (Å²) >= 11 is 0. The Kier molecular flexibility index (Phi) is 6.02. The van der Waals surface area contributed by atoms with Gasteiger partial charge in [0.2, 0.25) is 5.91 Å². The van der Waals surface area contributed by atoms with E-state index in [0.29, 0.717) is 38.3 Å². The summed E-state index contributed by atoms with van der Waals surface area (Å²) in [6, 6.07) is 15.0. The molecule has 0 spiro atoms. The first-order chi connectivity index (χ1) is 12.7. The molecule has 0 saturated carbocycles. The molecule has 1 saturated heterocycles. The summed E-state index contributed by atoms with van der Waals surface area (Å²) in [5.41, 5.74) is 3.49. The second-order valence-corrected chi connectivity index (χ2v) is 6.37. The average molecular weight is 352 g/mol. The number of nitrogens with zero attached hydrogens (tertiary/aromatic N) is 1. The number of hydrogen-bond acceptors (Lipinski definition) is 3. The van der Waals surface area contributed by atoms with E-state index in [1.165, 1.54) is 5.56 Å². The highest BCUT2D eigenvalue weighted by atomic mass is 16.5. The van der Waals surface area contributed by atoms with Crippen LogP contribution >= 0.6 is 0 Å². The van der Waals surface area contributed by atoms with Gasteiger partial charge >= 0.3 is 0 Å². The third-order valence-corrected chi connectivity index (χ3v) is 4.56. The van der Waals surface area contributed by atoms with Crippen LogP contribution in [0.25, 0.3) is 0 Å². The number of carbonyl (C=O) groups excluding carboxylic acids is 2. The van der Waals surface area contributed by atoms with E-state index in [9.17, 15) is 9.59 Å². The third kappa shape index (κ3) is 4.70. The second-order valence-electron chi connectivity index (χ2n) is 6.37. The summed E-state index contributed by atoms with van der Waals surface area (Å²) in [6.45, 7) is 4.61. The van der Waals surface area contributed by atoms with E-state index in [4.69, 9.17) is 4.74 Å². The van der Waals surface area contributed by atoms with Crippen molar-refractivity contribution in [3.05, 3.63) is 65.2 Å². The molecule has 0 atom stereocenters. The van der Waals surface area contributed by atoms with Crippen molar-refractivity contribution in [1.82, 2.24) is 4.90 Å². The van der Waals surface area contributed by atoms with E-state index in [0.717, 1.165) is 17.7 Å². The van der Waals surface area contributed by atoms with Crippen LogP contribution in [-0.4, -0.2) is 43.0 Å². The molecule has 0 unspecified atom stereocenters. The first-order valence-electron chi connectivity index (χ1n) is 9.00. The third-order valence-electron chi connectivity index (χ3n) is 4.56. The molecule has 1 aliphatic heterocycles. The first kappa shape index (κ1) is 18.1. The largest absolute Gasteiger partial charge is 0.378 e. The normalized spacial score (nSPS) is 14.1. The van der Waals surface area contributed by atoms with Gasteiger partial charge in [-0.3, -0.25) is 9.59 Å². The topological polar surface area (TPSA) is 58.6 Å². The standard InChI is InChI=1S/C21H24N2O3/c1-2-16-3-7-18(8-4-16)21(25)22-19-9-5-17(6-10-19)15-20(24)23-11-13-26-14-12-23/h3-10H,2,11-15H2,1H3,(H,22,25). The molecular weight excluding hydrogens is 328 g/mol. The highest BCUT2D eigenvalue weighted by molar-refractivity contribution is 6.04. The van der Waals surface area contributed by atoms with Crippen molar-refractivity contribution in [3.8, 4) is 0 Å². The van der Waals surface area contributed by atoms with Gasteiger partial charge in [0.15, 0.2) is 0 Å². The SMILES string of the molecule is CCc1ccc(C(=O)Nc2ccc(CC(=O)N3CCOCC3)cc2)cc1. The van der Waals surface area contributed by atoms with Gasteiger partial charge in [0.25, 0.3) is 5.91 Å². The van der Waals surface area contributed by atoms with Crippen molar-refractivity contribution in [2.24, 2.45) is 0 Å². The number of nitrogens with one attached hydrogen (secondary N) is 1. The Hall–Kier alpha value is -2.66. The zero-order valence-electron chi connectivity index (χ0n) is 15.0. The molecular formula is C21H24N2O3. The first-order valence-corrected chi connectivity index (χ1v) is 9.00. The minimum atomic E-state index is -0.134. The van der Waals surface area contributed by atoms with Gasteiger partial charge in [-0.25, -0.2) is 0 Å². The molecule has 1 heterocycles. The molecule has 1 fully saturated rings. The Morgan fingerprint density at radius 3 is 2.19 bits per heavy atom. The van der Waals surface area contributed by atoms with Crippen molar-refractivity contribution < 1.29 is 14.3 Å². The molecule has 0 radical (unpaired) electrons. The molecule has 1 N–H and O–H groups in total.